The van der Waals surface area contributed by atoms with Gasteiger partial charge >= 0.3 is 0 Å². The first-order valence-electron chi connectivity index (χ1n) is 7.93. The highest BCUT2D eigenvalue weighted by Gasteiger charge is 2.14. The summed E-state index contributed by atoms with van der Waals surface area (Å²) < 4.78 is 2.16. The lowest BCUT2D eigenvalue weighted by molar-refractivity contribution is 0.687. The molecule has 4 nitrogen and oxygen atoms in total. The summed E-state index contributed by atoms with van der Waals surface area (Å²) in [6, 6.07) is 12.3. The molecule has 0 bridgehead atoms. The lowest BCUT2D eigenvalue weighted by atomic mass is 10.2. The minimum atomic E-state index is 0.799. The third kappa shape index (κ3) is 3.53. The van der Waals surface area contributed by atoms with Crippen LogP contribution in [-0.2, 0) is 12.3 Å². The van der Waals surface area contributed by atoms with Crippen molar-refractivity contribution in [2.24, 2.45) is 0 Å². The highest BCUT2D eigenvalue weighted by atomic mass is 32.2. The SMILES string of the molecule is CCn1c(SCc2csc(-c3ccsc3)n2)nnc1-c1ccccc1. The van der Waals surface area contributed by atoms with Crippen molar-refractivity contribution in [2.75, 3.05) is 0 Å². The van der Waals surface area contributed by atoms with Crippen LogP contribution in [0.4, 0.5) is 0 Å². The number of hydrogen-bond donors (Lipinski definition) is 0. The Labute approximate surface area is 158 Å². The first-order valence-corrected chi connectivity index (χ1v) is 10.7. The number of hydrogen-bond acceptors (Lipinski definition) is 6. The number of thiophene rings is 1. The summed E-state index contributed by atoms with van der Waals surface area (Å²) in [7, 11) is 0. The molecular formula is C18H16N4S3. The number of aromatic nitrogens is 4. The van der Waals surface area contributed by atoms with Gasteiger partial charge in [-0.05, 0) is 18.4 Å². The molecule has 0 spiro atoms. The van der Waals surface area contributed by atoms with Crippen LogP contribution in [0.3, 0.4) is 0 Å². The third-order valence-corrected chi connectivity index (χ3v) is 6.36. The van der Waals surface area contributed by atoms with E-state index in [9.17, 15) is 0 Å². The second-order valence-electron chi connectivity index (χ2n) is 5.36. The molecule has 0 amide bonds. The molecule has 0 atom stereocenters. The van der Waals surface area contributed by atoms with Crippen molar-refractivity contribution < 1.29 is 0 Å². The quantitative estimate of drug-likeness (QED) is 0.415. The second kappa shape index (κ2) is 7.51. The van der Waals surface area contributed by atoms with Gasteiger partial charge in [-0.15, -0.1) is 21.5 Å². The molecule has 3 heterocycles. The monoisotopic (exact) mass is 384 g/mol. The molecule has 0 saturated heterocycles. The third-order valence-electron chi connectivity index (χ3n) is 3.73. The van der Waals surface area contributed by atoms with E-state index >= 15 is 0 Å². The summed E-state index contributed by atoms with van der Waals surface area (Å²) in [5.74, 6) is 1.72. The summed E-state index contributed by atoms with van der Waals surface area (Å²) in [6.45, 7) is 2.97. The Morgan fingerprint density at radius 2 is 1.92 bits per heavy atom. The van der Waals surface area contributed by atoms with Crippen molar-refractivity contribution in [3.05, 3.63) is 58.2 Å². The maximum Gasteiger partial charge on any atom is 0.191 e. The number of nitrogens with zero attached hydrogens (tertiary/aromatic N) is 4. The average molecular weight is 385 g/mol. The van der Waals surface area contributed by atoms with Gasteiger partial charge in [0.05, 0.1) is 5.69 Å². The van der Waals surface area contributed by atoms with Crippen LogP contribution in [0, 0.1) is 0 Å². The van der Waals surface area contributed by atoms with E-state index in [-0.39, 0.29) is 0 Å². The molecule has 0 aliphatic rings. The van der Waals surface area contributed by atoms with Crippen LogP contribution in [0.1, 0.15) is 12.6 Å². The van der Waals surface area contributed by atoms with E-state index in [4.69, 9.17) is 4.98 Å². The zero-order valence-corrected chi connectivity index (χ0v) is 16.1. The van der Waals surface area contributed by atoms with Gasteiger partial charge in [0.1, 0.15) is 5.01 Å². The Morgan fingerprint density at radius 3 is 2.68 bits per heavy atom. The molecule has 25 heavy (non-hydrogen) atoms. The van der Waals surface area contributed by atoms with E-state index in [1.807, 2.05) is 18.2 Å². The highest BCUT2D eigenvalue weighted by molar-refractivity contribution is 7.98. The zero-order chi connectivity index (χ0) is 17.1. The summed E-state index contributed by atoms with van der Waals surface area (Å²) in [4.78, 5) is 4.74. The van der Waals surface area contributed by atoms with Crippen LogP contribution in [0.15, 0.2) is 57.7 Å². The first-order chi connectivity index (χ1) is 12.3. The first kappa shape index (κ1) is 16.5. The molecule has 0 saturated carbocycles. The summed E-state index contributed by atoms with van der Waals surface area (Å²) in [5.41, 5.74) is 3.38. The van der Waals surface area contributed by atoms with Crippen molar-refractivity contribution in [3.8, 4) is 22.0 Å². The lowest BCUT2D eigenvalue weighted by Gasteiger charge is -2.06. The van der Waals surface area contributed by atoms with E-state index in [2.05, 4.69) is 56.0 Å². The van der Waals surface area contributed by atoms with Gasteiger partial charge in [0.2, 0.25) is 0 Å². The van der Waals surface area contributed by atoms with Gasteiger partial charge in [-0.25, -0.2) is 4.98 Å². The van der Waals surface area contributed by atoms with Crippen molar-refractivity contribution in [3.63, 3.8) is 0 Å². The molecule has 4 aromatic rings. The van der Waals surface area contributed by atoms with Crippen LogP contribution in [0.25, 0.3) is 22.0 Å². The minimum Gasteiger partial charge on any atom is -0.302 e. The Kier molecular flexibility index (Phi) is 4.96. The van der Waals surface area contributed by atoms with Crippen molar-refractivity contribution >= 4 is 34.4 Å². The second-order valence-corrected chi connectivity index (χ2v) is 7.94. The fraction of sp³-hybridized carbons (Fsp3) is 0.167. The number of thioether (sulfide) groups is 1. The van der Waals surface area contributed by atoms with Crippen molar-refractivity contribution in [1.29, 1.82) is 0 Å². The van der Waals surface area contributed by atoms with Gasteiger partial charge in [0, 0.05) is 34.2 Å². The molecule has 0 N–H and O–H groups in total. The fourth-order valence-electron chi connectivity index (χ4n) is 2.51. The fourth-order valence-corrected chi connectivity index (χ4v) is 5.04. The maximum absolute atomic E-state index is 4.74. The number of benzene rings is 1. The van der Waals surface area contributed by atoms with Crippen molar-refractivity contribution in [2.45, 2.75) is 24.4 Å². The molecule has 0 fully saturated rings. The lowest BCUT2D eigenvalue weighted by Crippen LogP contribution is -1.99. The summed E-state index contributed by atoms with van der Waals surface area (Å²) >= 11 is 5.08. The molecule has 4 rings (SSSR count). The Balaban J connectivity index is 1.51. The Morgan fingerprint density at radius 1 is 1.04 bits per heavy atom. The molecule has 3 aromatic heterocycles. The smallest absolute Gasteiger partial charge is 0.191 e. The highest BCUT2D eigenvalue weighted by Crippen LogP contribution is 2.30. The molecule has 126 valence electrons. The van der Waals surface area contributed by atoms with E-state index in [0.717, 1.165) is 39.5 Å². The molecule has 1 aromatic carbocycles. The van der Waals surface area contributed by atoms with Gasteiger partial charge in [-0.1, -0.05) is 42.1 Å². The van der Waals surface area contributed by atoms with Crippen LogP contribution < -0.4 is 0 Å². The van der Waals surface area contributed by atoms with Gasteiger partial charge in [0.25, 0.3) is 0 Å². The summed E-state index contributed by atoms with van der Waals surface area (Å²) in [6.07, 6.45) is 0. The Hall–Kier alpha value is -1.96. The molecule has 0 aliphatic heterocycles. The van der Waals surface area contributed by atoms with E-state index in [0.29, 0.717) is 0 Å². The zero-order valence-electron chi connectivity index (χ0n) is 13.6. The van der Waals surface area contributed by atoms with Crippen LogP contribution >= 0.6 is 34.4 Å². The van der Waals surface area contributed by atoms with Gasteiger partial charge in [-0.3, -0.25) is 0 Å². The summed E-state index contributed by atoms with van der Waals surface area (Å²) in [5, 5.41) is 17.1. The Bertz CT molecular complexity index is 942. The van der Waals surface area contributed by atoms with E-state index < -0.39 is 0 Å². The topological polar surface area (TPSA) is 43.6 Å². The van der Waals surface area contributed by atoms with Crippen LogP contribution in [-0.4, -0.2) is 19.7 Å². The molecule has 0 unspecified atom stereocenters. The number of thiazole rings is 1. The standard InChI is InChI=1S/C18H16N4S3/c1-2-22-16(13-6-4-3-5-7-13)20-21-18(22)25-12-15-11-24-17(19-15)14-8-9-23-10-14/h3-11H,2,12H2,1H3. The largest absolute Gasteiger partial charge is 0.302 e. The maximum atomic E-state index is 4.74. The predicted molar refractivity (Wildman–Crippen MR) is 106 cm³/mol. The minimum absolute atomic E-state index is 0.799. The molecule has 0 radical (unpaired) electrons. The predicted octanol–water partition coefficient (Wildman–Crippen LogP) is 5.44. The molecular weight excluding hydrogens is 368 g/mol. The number of rotatable bonds is 6. The van der Waals surface area contributed by atoms with Crippen LogP contribution in [0.5, 0.6) is 0 Å². The average Bonchev–Trinajstić information content (AvgIpc) is 3.39. The van der Waals surface area contributed by atoms with Crippen molar-refractivity contribution in [1.82, 2.24) is 19.7 Å². The van der Waals surface area contributed by atoms with Gasteiger partial charge in [-0.2, -0.15) is 11.3 Å². The van der Waals surface area contributed by atoms with Gasteiger partial charge < -0.3 is 4.57 Å². The van der Waals surface area contributed by atoms with Gasteiger partial charge in [0.15, 0.2) is 11.0 Å². The van der Waals surface area contributed by atoms with E-state index in [1.54, 1.807) is 34.4 Å². The normalized spacial score (nSPS) is 11.1. The molecule has 0 aliphatic carbocycles. The van der Waals surface area contributed by atoms with E-state index in [1.165, 1.54) is 5.56 Å². The van der Waals surface area contributed by atoms with Crippen LogP contribution in [0.2, 0.25) is 0 Å². The molecule has 7 heteroatoms.